The number of benzene rings is 4. The van der Waals surface area contributed by atoms with Gasteiger partial charge in [0.25, 0.3) is 5.95 Å². The Hall–Kier alpha value is -6.38. The number of fused-ring (bicyclic) bond motifs is 4. The maximum absolute atomic E-state index is 12.3. The highest BCUT2D eigenvalue weighted by molar-refractivity contribution is 9.10. The van der Waals surface area contributed by atoms with Crippen molar-refractivity contribution >= 4 is 79.4 Å². The van der Waals surface area contributed by atoms with Gasteiger partial charge in [0.1, 0.15) is 38.1 Å². The fourth-order valence-electron chi connectivity index (χ4n) is 5.13. The topological polar surface area (TPSA) is 191 Å². The van der Waals surface area contributed by atoms with Gasteiger partial charge in [-0.05, 0) is 95.5 Å². The van der Waals surface area contributed by atoms with E-state index in [2.05, 4.69) is 20.6 Å². The minimum absolute atomic E-state index is 0.107. The number of rotatable bonds is 5. The molecule has 0 saturated heterocycles. The zero-order chi connectivity index (χ0) is 37.1. The quantitative estimate of drug-likeness (QED) is 0.113. The molecule has 4 heterocycles. The standard InChI is InChI=1S/C19H12O5.C10H7BrO2.C9H6BO5/c1-10-2-3-11-7-14(19(22)24-15(11)6-10)17-8-12-4-5-13(18(20)21)9-16(12)23-17;1-6-2-3-7-5-8(11)10(12)13-9(7)4-6;11-9(12)6-2-1-5-4-8(15-10-13)14-7(5)3-6/h2-9H,1H3,(H,20,21);2-5H,1H3;1-4,13H,(H,11,12). The summed E-state index contributed by atoms with van der Waals surface area (Å²) in [6.07, 6.45) is 0. The molecule has 0 aliphatic rings. The molecule has 0 unspecified atom stereocenters. The first kappa shape index (κ1) is 35.5. The van der Waals surface area contributed by atoms with E-state index in [0.29, 0.717) is 51.2 Å². The molecule has 12 nitrogen and oxygen atoms in total. The van der Waals surface area contributed by atoms with Gasteiger partial charge in [-0.1, -0.05) is 36.4 Å². The third kappa shape index (κ3) is 7.83. The summed E-state index contributed by atoms with van der Waals surface area (Å²) in [5.41, 5.74) is 3.78. The number of hydrogen-bond donors (Lipinski definition) is 3. The van der Waals surface area contributed by atoms with Crippen molar-refractivity contribution in [2.75, 3.05) is 0 Å². The summed E-state index contributed by atoms with van der Waals surface area (Å²) in [7, 11) is 0.496. The zero-order valence-corrected chi connectivity index (χ0v) is 28.8. The van der Waals surface area contributed by atoms with Crippen molar-refractivity contribution in [1.82, 2.24) is 0 Å². The molecule has 0 saturated carbocycles. The third-order valence-corrected chi connectivity index (χ3v) is 8.24. The molecule has 3 N–H and O–H groups in total. The Kier molecular flexibility index (Phi) is 10.1. The molecule has 0 amide bonds. The molecule has 8 aromatic rings. The lowest BCUT2D eigenvalue weighted by atomic mass is 10.1. The SMILES string of the molecule is Cc1ccc2cc(-c3cc4ccc(C(=O)O)cc4o3)c(=O)oc2c1.Cc1ccc2cc(Br)c(=O)oc2c1.O=C(O)c1ccc2cc(O[B]O)oc2c1. The fraction of sp³-hybridized carbons (Fsp3) is 0.0526. The minimum Gasteiger partial charge on any atom is -0.510 e. The van der Waals surface area contributed by atoms with E-state index >= 15 is 0 Å². The molecule has 0 bridgehead atoms. The Morgan fingerprint density at radius 1 is 0.596 bits per heavy atom. The van der Waals surface area contributed by atoms with Crippen LogP contribution in [-0.4, -0.2) is 34.9 Å². The second-order valence-electron chi connectivity index (χ2n) is 11.4. The van der Waals surface area contributed by atoms with E-state index in [9.17, 15) is 19.2 Å². The molecular weight excluding hydrogens is 739 g/mol. The van der Waals surface area contributed by atoms with E-state index in [1.54, 1.807) is 42.5 Å². The molecule has 14 heteroatoms. The third-order valence-electron chi connectivity index (χ3n) is 7.69. The predicted octanol–water partition coefficient (Wildman–Crippen LogP) is 8.11. The average molecular weight is 764 g/mol. The molecule has 1 radical (unpaired) electrons. The van der Waals surface area contributed by atoms with Crippen LogP contribution in [0.2, 0.25) is 0 Å². The second kappa shape index (κ2) is 14.8. The summed E-state index contributed by atoms with van der Waals surface area (Å²) in [4.78, 5) is 45.1. The normalized spacial score (nSPS) is 10.8. The highest BCUT2D eigenvalue weighted by atomic mass is 79.9. The van der Waals surface area contributed by atoms with Crippen molar-refractivity contribution in [2.24, 2.45) is 0 Å². The molecular formula is C38H25BBrO12. The predicted molar refractivity (Wildman–Crippen MR) is 196 cm³/mol. The molecule has 0 aliphatic heterocycles. The van der Waals surface area contributed by atoms with Crippen LogP contribution in [0, 0.1) is 13.8 Å². The van der Waals surface area contributed by atoms with Gasteiger partial charge < -0.3 is 37.6 Å². The maximum Gasteiger partial charge on any atom is 0.571 e. The van der Waals surface area contributed by atoms with Gasteiger partial charge in [-0.15, -0.1) is 0 Å². The van der Waals surface area contributed by atoms with Crippen LogP contribution >= 0.6 is 15.9 Å². The van der Waals surface area contributed by atoms with E-state index in [-0.39, 0.29) is 22.7 Å². The molecule has 8 rings (SSSR count). The summed E-state index contributed by atoms with van der Waals surface area (Å²) >= 11 is 3.13. The van der Waals surface area contributed by atoms with Gasteiger partial charge in [0, 0.05) is 27.6 Å². The van der Waals surface area contributed by atoms with E-state index < -0.39 is 17.6 Å². The Labute approximate surface area is 301 Å². The highest BCUT2D eigenvalue weighted by Crippen LogP contribution is 2.29. The number of hydrogen-bond acceptors (Lipinski definition) is 10. The highest BCUT2D eigenvalue weighted by Gasteiger charge is 2.15. The number of furan rings is 2. The van der Waals surface area contributed by atoms with E-state index in [1.165, 1.54) is 24.3 Å². The smallest absolute Gasteiger partial charge is 0.510 e. The van der Waals surface area contributed by atoms with Crippen LogP contribution in [0.25, 0.3) is 55.2 Å². The largest absolute Gasteiger partial charge is 0.571 e. The molecule has 0 fully saturated rings. The van der Waals surface area contributed by atoms with Gasteiger partial charge in [0.2, 0.25) is 0 Å². The molecule has 4 aromatic carbocycles. The Balaban J connectivity index is 0.000000143. The Bertz CT molecular complexity index is 2760. The molecule has 0 spiro atoms. The summed E-state index contributed by atoms with van der Waals surface area (Å²) < 4.78 is 26.3. The molecule has 52 heavy (non-hydrogen) atoms. The van der Waals surface area contributed by atoms with Crippen molar-refractivity contribution in [2.45, 2.75) is 13.8 Å². The van der Waals surface area contributed by atoms with Gasteiger partial charge in [-0.3, -0.25) is 0 Å². The van der Waals surface area contributed by atoms with Crippen molar-refractivity contribution in [3.05, 3.63) is 145 Å². The van der Waals surface area contributed by atoms with Gasteiger partial charge in [-0.25, -0.2) is 19.2 Å². The summed E-state index contributed by atoms with van der Waals surface area (Å²) in [6, 6.07) is 27.2. The zero-order valence-electron chi connectivity index (χ0n) is 27.2. The van der Waals surface area contributed by atoms with E-state index in [0.717, 1.165) is 27.3 Å². The Morgan fingerprint density at radius 3 is 1.65 bits per heavy atom. The number of aromatic carboxylic acids is 2. The van der Waals surface area contributed by atoms with Gasteiger partial charge in [0.15, 0.2) is 0 Å². The minimum atomic E-state index is -1.03. The second-order valence-corrected chi connectivity index (χ2v) is 12.3. The van der Waals surface area contributed by atoms with Crippen LogP contribution in [0.5, 0.6) is 5.95 Å². The van der Waals surface area contributed by atoms with Crippen LogP contribution in [0.1, 0.15) is 31.8 Å². The van der Waals surface area contributed by atoms with Gasteiger partial charge in [-0.2, -0.15) is 0 Å². The summed E-state index contributed by atoms with van der Waals surface area (Å²) in [6.45, 7) is 3.88. The van der Waals surface area contributed by atoms with E-state index in [4.69, 9.17) is 32.9 Å². The van der Waals surface area contributed by atoms with Crippen molar-refractivity contribution in [3.63, 3.8) is 0 Å². The first-order chi connectivity index (χ1) is 24.9. The van der Waals surface area contributed by atoms with Gasteiger partial charge >= 0.3 is 30.9 Å². The van der Waals surface area contributed by atoms with Crippen molar-refractivity contribution in [3.8, 4) is 17.3 Å². The lowest BCUT2D eigenvalue weighted by molar-refractivity contribution is 0.0686. The monoisotopic (exact) mass is 763 g/mol. The lowest BCUT2D eigenvalue weighted by Crippen LogP contribution is -2.01. The van der Waals surface area contributed by atoms with Crippen molar-refractivity contribution in [1.29, 1.82) is 0 Å². The average Bonchev–Trinajstić information content (AvgIpc) is 3.72. The first-order valence-electron chi connectivity index (χ1n) is 15.3. The van der Waals surface area contributed by atoms with Crippen molar-refractivity contribution < 1.29 is 47.1 Å². The number of aryl methyl sites for hydroxylation is 2. The number of carboxylic acids is 2. The summed E-state index contributed by atoms with van der Waals surface area (Å²) in [5, 5.41) is 29.3. The molecule has 4 aromatic heterocycles. The van der Waals surface area contributed by atoms with Crippen LogP contribution in [-0.2, 0) is 0 Å². The molecule has 0 atom stereocenters. The molecule has 0 aliphatic carbocycles. The first-order valence-corrected chi connectivity index (χ1v) is 16.1. The lowest BCUT2D eigenvalue weighted by Gasteiger charge is -2.00. The number of carbonyl (C=O) groups is 2. The van der Waals surface area contributed by atoms with Crippen LogP contribution in [0.15, 0.2) is 129 Å². The van der Waals surface area contributed by atoms with Gasteiger partial charge in [0.05, 0.1) is 11.1 Å². The summed E-state index contributed by atoms with van der Waals surface area (Å²) in [5.74, 6) is -1.60. The number of carboxylic acid groups (broad SMARTS) is 2. The molecule has 259 valence electrons. The number of halogens is 1. The van der Waals surface area contributed by atoms with Crippen LogP contribution < -0.4 is 15.9 Å². The van der Waals surface area contributed by atoms with Crippen LogP contribution in [0.3, 0.4) is 0 Å². The van der Waals surface area contributed by atoms with Crippen LogP contribution in [0.4, 0.5) is 0 Å². The Morgan fingerprint density at radius 2 is 1.08 bits per heavy atom. The fourth-order valence-corrected chi connectivity index (χ4v) is 5.46. The van der Waals surface area contributed by atoms with E-state index in [1.807, 2.05) is 44.2 Å². The maximum atomic E-state index is 12.3.